The van der Waals surface area contributed by atoms with Crippen LogP contribution in [0.25, 0.3) is 10.9 Å². The van der Waals surface area contributed by atoms with Crippen LogP contribution in [-0.2, 0) is 4.79 Å². The normalized spacial score (nSPS) is 18.4. The Hall–Kier alpha value is -2.30. The average molecular weight is 270 g/mol. The van der Waals surface area contributed by atoms with Gasteiger partial charge in [-0.05, 0) is 30.7 Å². The van der Waals surface area contributed by atoms with Gasteiger partial charge in [0.05, 0.1) is 11.2 Å². The van der Waals surface area contributed by atoms with Crippen molar-refractivity contribution in [3.63, 3.8) is 0 Å². The molecular formula is C15H18N4O. The van der Waals surface area contributed by atoms with Crippen LogP contribution in [0, 0.1) is 0 Å². The van der Waals surface area contributed by atoms with E-state index in [-0.39, 0.29) is 11.9 Å². The molecule has 0 aliphatic carbocycles. The molecule has 3 rings (SSSR count). The number of rotatable bonds is 2. The molecule has 1 unspecified atom stereocenters. The minimum absolute atomic E-state index is 0.0284. The third kappa shape index (κ3) is 2.27. The quantitative estimate of drug-likeness (QED) is 0.812. The van der Waals surface area contributed by atoms with Gasteiger partial charge >= 0.3 is 0 Å². The Kier molecular flexibility index (Phi) is 3.18. The van der Waals surface area contributed by atoms with Gasteiger partial charge in [-0.3, -0.25) is 9.78 Å². The summed E-state index contributed by atoms with van der Waals surface area (Å²) in [5.41, 5.74) is 8.65. The Morgan fingerprint density at radius 1 is 1.45 bits per heavy atom. The van der Waals surface area contributed by atoms with Crippen molar-refractivity contribution in [1.29, 1.82) is 0 Å². The van der Waals surface area contributed by atoms with Gasteiger partial charge in [-0.1, -0.05) is 0 Å². The number of amides is 1. The van der Waals surface area contributed by atoms with Crippen molar-refractivity contribution in [3.8, 4) is 0 Å². The summed E-state index contributed by atoms with van der Waals surface area (Å²) in [5.74, 6) is 0.0284. The third-order valence-corrected chi connectivity index (χ3v) is 3.71. The summed E-state index contributed by atoms with van der Waals surface area (Å²) in [6.07, 6.45) is 2.72. The van der Waals surface area contributed by atoms with E-state index in [0.717, 1.165) is 36.1 Å². The fraction of sp³-hybridized carbons (Fsp3) is 0.333. The van der Waals surface area contributed by atoms with Gasteiger partial charge < -0.3 is 16.0 Å². The summed E-state index contributed by atoms with van der Waals surface area (Å²) in [5, 5.41) is 4.05. The molecule has 1 aliphatic heterocycles. The van der Waals surface area contributed by atoms with Gasteiger partial charge in [0.15, 0.2) is 0 Å². The number of hydrogen-bond acceptors (Lipinski definition) is 4. The van der Waals surface area contributed by atoms with Gasteiger partial charge in [-0.25, -0.2) is 0 Å². The van der Waals surface area contributed by atoms with E-state index in [0.29, 0.717) is 5.69 Å². The second-order valence-corrected chi connectivity index (χ2v) is 5.21. The summed E-state index contributed by atoms with van der Waals surface area (Å²) in [7, 11) is 0. The molecule has 2 aromatic rings. The Labute approximate surface area is 117 Å². The van der Waals surface area contributed by atoms with Crippen LogP contribution in [0.1, 0.15) is 13.3 Å². The molecular weight excluding hydrogens is 252 g/mol. The van der Waals surface area contributed by atoms with E-state index in [1.807, 2.05) is 24.3 Å². The molecule has 0 saturated carbocycles. The number of nitrogens with zero attached hydrogens (tertiary/aromatic N) is 2. The van der Waals surface area contributed by atoms with Gasteiger partial charge in [0.1, 0.15) is 0 Å². The molecule has 0 spiro atoms. The van der Waals surface area contributed by atoms with Crippen LogP contribution in [0.3, 0.4) is 0 Å². The molecule has 1 aliphatic rings. The second-order valence-electron chi connectivity index (χ2n) is 5.21. The van der Waals surface area contributed by atoms with Gasteiger partial charge in [-0.2, -0.15) is 0 Å². The van der Waals surface area contributed by atoms with E-state index < -0.39 is 0 Å². The molecule has 5 nitrogen and oxygen atoms in total. The van der Waals surface area contributed by atoms with E-state index in [9.17, 15) is 4.79 Å². The number of hydrogen-bond donors (Lipinski definition) is 2. The lowest BCUT2D eigenvalue weighted by atomic mass is 10.1. The summed E-state index contributed by atoms with van der Waals surface area (Å²) >= 11 is 0. The Morgan fingerprint density at radius 3 is 3.10 bits per heavy atom. The Bertz CT molecular complexity index is 655. The topological polar surface area (TPSA) is 71.2 Å². The zero-order chi connectivity index (χ0) is 14.1. The molecule has 0 bridgehead atoms. The monoisotopic (exact) mass is 270 g/mol. The van der Waals surface area contributed by atoms with Gasteiger partial charge in [0.25, 0.3) is 0 Å². The highest BCUT2D eigenvalue weighted by Gasteiger charge is 2.24. The number of pyridine rings is 1. The number of nitrogen functional groups attached to an aromatic ring is 1. The van der Waals surface area contributed by atoms with Crippen LogP contribution in [-0.4, -0.2) is 30.0 Å². The van der Waals surface area contributed by atoms with E-state index in [2.05, 4.69) is 15.2 Å². The maximum atomic E-state index is 11.1. The average Bonchev–Trinajstić information content (AvgIpc) is 2.87. The number of anilines is 2. The largest absolute Gasteiger partial charge is 0.397 e. The molecule has 2 heterocycles. The predicted octanol–water partition coefficient (Wildman–Crippen LogP) is 1.53. The van der Waals surface area contributed by atoms with Crippen molar-refractivity contribution in [3.05, 3.63) is 30.5 Å². The Morgan fingerprint density at radius 2 is 2.30 bits per heavy atom. The van der Waals surface area contributed by atoms with Crippen molar-refractivity contribution in [1.82, 2.24) is 10.3 Å². The maximum absolute atomic E-state index is 11.1. The molecule has 3 N–H and O–H groups in total. The molecule has 1 aromatic heterocycles. The number of nitrogens with one attached hydrogen (secondary N) is 1. The molecule has 1 saturated heterocycles. The molecule has 104 valence electrons. The molecule has 20 heavy (non-hydrogen) atoms. The summed E-state index contributed by atoms with van der Waals surface area (Å²) in [6.45, 7) is 3.32. The van der Waals surface area contributed by atoms with E-state index >= 15 is 0 Å². The minimum atomic E-state index is 0.0284. The molecule has 1 fully saturated rings. The maximum Gasteiger partial charge on any atom is 0.217 e. The van der Waals surface area contributed by atoms with E-state index in [1.165, 1.54) is 0 Å². The van der Waals surface area contributed by atoms with Crippen LogP contribution < -0.4 is 16.0 Å². The highest BCUT2D eigenvalue weighted by atomic mass is 16.1. The summed E-state index contributed by atoms with van der Waals surface area (Å²) in [6, 6.07) is 8.12. The number of carbonyl (C=O) groups is 1. The number of benzene rings is 1. The highest BCUT2D eigenvalue weighted by Crippen LogP contribution is 2.31. The zero-order valence-corrected chi connectivity index (χ0v) is 11.5. The zero-order valence-electron chi connectivity index (χ0n) is 11.5. The standard InChI is InChI=1S/C15H18N4O/c1-10(20)18-11-6-8-19(9-11)14-5-4-13(16)15-12(14)3-2-7-17-15/h2-5,7,11H,6,8-9,16H2,1H3,(H,18,20). The summed E-state index contributed by atoms with van der Waals surface area (Å²) < 4.78 is 0. The van der Waals surface area contributed by atoms with Crippen LogP contribution in [0.4, 0.5) is 11.4 Å². The smallest absolute Gasteiger partial charge is 0.217 e. The van der Waals surface area contributed by atoms with Gasteiger partial charge in [0.2, 0.25) is 5.91 Å². The number of carbonyl (C=O) groups excluding carboxylic acids is 1. The van der Waals surface area contributed by atoms with Crippen molar-refractivity contribution >= 4 is 28.2 Å². The number of nitrogens with two attached hydrogens (primary N) is 1. The first-order chi connectivity index (χ1) is 9.65. The van der Waals surface area contributed by atoms with Crippen LogP contribution in [0.2, 0.25) is 0 Å². The first-order valence-corrected chi connectivity index (χ1v) is 6.80. The minimum Gasteiger partial charge on any atom is -0.397 e. The molecule has 1 amide bonds. The van der Waals surface area contributed by atoms with Crippen LogP contribution in [0.5, 0.6) is 0 Å². The fourth-order valence-corrected chi connectivity index (χ4v) is 2.84. The lowest BCUT2D eigenvalue weighted by Gasteiger charge is -2.21. The molecule has 1 atom stereocenters. The third-order valence-electron chi connectivity index (χ3n) is 3.71. The first-order valence-electron chi connectivity index (χ1n) is 6.80. The second kappa shape index (κ2) is 5.00. The number of aromatic nitrogens is 1. The first kappa shape index (κ1) is 12.7. The van der Waals surface area contributed by atoms with Crippen molar-refractivity contribution in [2.75, 3.05) is 23.7 Å². The molecule has 1 aromatic carbocycles. The summed E-state index contributed by atoms with van der Waals surface area (Å²) in [4.78, 5) is 17.8. The van der Waals surface area contributed by atoms with Crippen LogP contribution >= 0.6 is 0 Å². The van der Waals surface area contributed by atoms with Gasteiger partial charge in [0, 0.05) is 43.3 Å². The van der Waals surface area contributed by atoms with Crippen molar-refractivity contribution in [2.45, 2.75) is 19.4 Å². The van der Waals surface area contributed by atoms with Crippen LogP contribution in [0.15, 0.2) is 30.5 Å². The SMILES string of the molecule is CC(=O)NC1CCN(c2ccc(N)c3ncccc23)C1. The highest BCUT2D eigenvalue weighted by molar-refractivity contribution is 5.98. The lowest BCUT2D eigenvalue weighted by Crippen LogP contribution is -2.35. The van der Waals surface area contributed by atoms with Crippen molar-refractivity contribution in [2.24, 2.45) is 0 Å². The number of fused-ring (bicyclic) bond motifs is 1. The Balaban J connectivity index is 1.92. The van der Waals surface area contributed by atoms with Gasteiger partial charge in [-0.15, -0.1) is 0 Å². The fourth-order valence-electron chi connectivity index (χ4n) is 2.84. The van der Waals surface area contributed by atoms with Crippen molar-refractivity contribution < 1.29 is 4.79 Å². The molecule has 5 heteroatoms. The molecule has 0 radical (unpaired) electrons. The lowest BCUT2D eigenvalue weighted by molar-refractivity contribution is -0.119. The van der Waals surface area contributed by atoms with E-state index in [4.69, 9.17) is 5.73 Å². The van der Waals surface area contributed by atoms with E-state index in [1.54, 1.807) is 13.1 Å². The predicted molar refractivity (Wildman–Crippen MR) is 80.6 cm³/mol.